The lowest BCUT2D eigenvalue weighted by molar-refractivity contribution is -0.143. The Morgan fingerprint density at radius 1 is 1.00 bits per heavy atom. The topological polar surface area (TPSA) is 145 Å². The van der Waals surface area contributed by atoms with Gasteiger partial charge in [-0.15, -0.1) is 0 Å². The van der Waals surface area contributed by atoms with Gasteiger partial charge in [0.25, 0.3) is 5.91 Å². The average molecular weight is 442 g/mol. The number of imide groups is 2. The normalized spacial score (nSPS) is 25.6. The van der Waals surface area contributed by atoms with Gasteiger partial charge in [-0.3, -0.25) is 34.7 Å². The third-order valence-electron chi connectivity index (χ3n) is 6.50. The van der Waals surface area contributed by atoms with Crippen molar-refractivity contribution in [2.45, 2.75) is 63.7 Å². The van der Waals surface area contributed by atoms with Crippen LogP contribution in [0.25, 0.3) is 0 Å². The Balaban J connectivity index is 1.31. The lowest BCUT2D eigenvalue weighted by atomic mass is 9.86. The first kappa shape index (κ1) is 21.9. The van der Waals surface area contributed by atoms with Crippen molar-refractivity contribution in [2.75, 3.05) is 0 Å². The van der Waals surface area contributed by atoms with Gasteiger partial charge in [-0.25, -0.2) is 4.79 Å². The van der Waals surface area contributed by atoms with Crippen LogP contribution in [-0.2, 0) is 27.5 Å². The minimum absolute atomic E-state index is 0.152. The number of hydrogen-bond acceptors (Lipinski definition) is 6. The second-order valence-electron chi connectivity index (χ2n) is 8.67. The van der Waals surface area contributed by atoms with E-state index in [-0.39, 0.29) is 29.8 Å². The Morgan fingerprint density at radius 2 is 1.72 bits per heavy atom. The molecule has 0 radical (unpaired) electrons. The molecule has 5 amide bonds. The summed E-state index contributed by atoms with van der Waals surface area (Å²) in [5, 5.41) is 16.5. The number of nitrogens with zero attached hydrogens (tertiary/aromatic N) is 1. The van der Waals surface area contributed by atoms with E-state index in [1.54, 1.807) is 12.1 Å². The van der Waals surface area contributed by atoms with Crippen molar-refractivity contribution < 1.29 is 29.1 Å². The molecule has 0 spiro atoms. The third-order valence-corrected chi connectivity index (χ3v) is 6.50. The molecule has 0 aromatic heterocycles. The fourth-order valence-electron chi connectivity index (χ4n) is 4.69. The molecule has 10 nitrogen and oxygen atoms in total. The number of fused-ring (bicyclic) bond motifs is 1. The predicted octanol–water partition coefficient (Wildman–Crippen LogP) is 0.890. The van der Waals surface area contributed by atoms with Gasteiger partial charge in [0, 0.05) is 31.1 Å². The van der Waals surface area contributed by atoms with E-state index in [1.807, 2.05) is 11.0 Å². The molecule has 1 aromatic carbocycles. The summed E-state index contributed by atoms with van der Waals surface area (Å²) in [7, 11) is 0. The third kappa shape index (κ3) is 4.80. The fourth-order valence-corrected chi connectivity index (χ4v) is 4.69. The molecule has 170 valence electrons. The van der Waals surface area contributed by atoms with Crippen LogP contribution in [-0.4, -0.2) is 51.8 Å². The Kier molecular flexibility index (Phi) is 6.22. The minimum Gasteiger partial charge on any atom is -0.481 e. The molecule has 0 bridgehead atoms. The summed E-state index contributed by atoms with van der Waals surface area (Å²) in [6, 6.07) is 4.07. The molecule has 1 saturated heterocycles. The van der Waals surface area contributed by atoms with E-state index in [0.717, 1.165) is 11.1 Å². The quantitative estimate of drug-likeness (QED) is 0.507. The number of carbonyl (C=O) groups excluding carboxylic acids is 4. The van der Waals surface area contributed by atoms with Crippen LogP contribution in [0.1, 0.15) is 60.0 Å². The van der Waals surface area contributed by atoms with Crippen molar-refractivity contribution in [2.24, 2.45) is 5.92 Å². The van der Waals surface area contributed by atoms with Crippen LogP contribution in [0.15, 0.2) is 18.2 Å². The number of carboxylic acid groups (broad SMARTS) is 1. The van der Waals surface area contributed by atoms with Gasteiger partial charge in [-0.2, -0.15) is 0 Å². The van der Waals surface area contributed by atoms with Crippen molar-refractivity contribution in [1.29, 1.82) is 0 Å². The monoisotopic (exact) mass is 442 g/mol. The maximum absolute atomic E-state index is 12.5. The van der Waals surface area contributed by atoms with Crippen LogP contribution < -0.4 is 16.0 Å². The van der Waals surface area contributed by atoms with E-state index in [9.17, 15) is 24.0 Å². The molecule has 4 N–H and O–H groups in total. The van der Waals surface area contributed by atoms with Gasteiger partial charge in [0.2, 0.25) is 11.8 Å². The van der Waals surface area contributed by atoms with Gasteiger partial charge >= 0.3 is 12.0 Å². The van der Waals surface area contributed by atoms with Crippen LogP contribution in [0.3, 0.4) is 0 Å². The average Bonchev–Trinajstić information content (AvgIpc) is 3.16. The number of carboxylic acids is 1. The molecule has 1 saturated carbocycles. The summed E-state index contributed by atoms with van der Waals surface area (Å²) in [5.41, 5.74) is 2.26. The van der Waals surface area contributed by atoms with E-state index < -0.39 is 17.9 Å². The number of benzene rings is 1. The van der Waals surface area contributed by atoms with Gasteiger partial charge in [0.15, 0.2) is 0 Å². The van der Waals surface area contributed by atoms with Crippen LogP contribution in [0, 0.1) is 5.92 Å². The minimum atomic E-state index is -0.809. The molecular formula is C22H26N4O6. The Morgan fingerprint density at radius 3 is 2.41 bits per heavy atom. The first-order valence-corrected chi connectivity index (χ1v) is 10.8. The van der Waals surface area contributed by atoms with Crippen LogP contribution in [0.4, 0.5) is 4.79 Å². The summed E-state index contributed by atoms with van der Waals surface area (Å²) in [6.07, 6.45) is 2.91. The van der Waals surface area contributed by atoms with E-state index >= 15 is 0 Å². The van der Waals surface area contributed by atoms with Crippen molar-refractivity contribution in [3.8, 4) is 0 Å². The highest BCUT2D eigenvalue weighted by atomic mass is 16.4. The van der Waals surface area contributed by atoms with Gasteiger partial charge < -0.3 is 10.4 Å². The number of rotatable bonds is 4. The molecule has 1 aromatic rings. The number of piperidine rings is 1. The maximum Gasteiger partial charge on any atom is 0.321 e. The first-order chi connectivity index (χ1) is 15.3. The molecule has 1 aliphatic carbocycles. The highest BCUT2D eigenvalue weighted by Gasteiger charge is 2.35. The molecule has 4 rings (SSSR count). The summed E-state index contributed by atoms with van der Waals surface area (Å²) < 4.78 is 0. The lowest BCUT2D eigenvalue weighted by Gasteiger charge is -2.29. The first-order valence-electron chi connectivity index (χ1n) is 10.8. The zero-order chi connectivity index (χ0) is 22.8. The van der Waals surface area contributed by atoms with Crippen molar-refractivity contribution in [3.05, 3.63) is 34.9 Å². The van der Waals surface area contributed by atoms with Crippen molar-refractivity contribution in [3.63, 3.8) is 0 Å². The van der Waals surface area contributed by atoms with Gasteiger partial charge in [-0.05, 0) is 55.4 Å². The second kappa shape index (κ2) is 9.07. The van der Waals surface area contributed by atoms with Crippen molar-refractivity contribution in [1.82, 2.24) is 20.9 Å². The van der Waals surface area contributed by atoms with Gasteiger partial charge in [-0.1, -0.05) is 6.07 Å². The summed E-state index contributed by atoms with van der Waals surface area (Å²) in [4.78, 5) is 61.3. The lowest BCUT2D eigenvalue weighted by Crippen LogP contribution is -2.50. The Hall–Kier alpha value is -3.27. The highest BCUT2D eigenvalue weighted by molar-refractivity contribution is 6.04. The van der Waals surface area contributed by atoms with E-state index in [1.165, 1.54) is 0 Å². The number of amides is 5. The van der Waals surface area contributed by atoms with Crippen LogP contribution in [0.2, 0.25) is 0 Å². The van der Waals surface area contributed by atoms with E-state index in [0.29, 0.717) is 57.2 Å². The number of carbonyl (C=O) groups is 5. The highest BCUT2D eigenvalue weighted by Crippen LogP contribution is 2.28. The van der Waals surface area contributed by atoms with E-state index in [2.05, 4.69) is 16.0 Å². The molecule has 2 fully saturated rings. The smallest absolute Gasteiger partial charge is 0.321 e. The standard InChI is InChI=1S/C22H26N4O6/c27-18-8-7-17(20(29)24-18)26-10-14-2-1-13(9-15(14)11-26)19(28)25-22(32)23-16-5-3-12(4-6-16)21(30)31/h1-2,9,12,16-17H,3-8,10-11H2,(H,30,31)(H,24,27,29)(H2,23,25,28,32). The number of urea groups is 1. The van der Waals surface area contributed by atoms with E-state index in [4.69, 9.17) is 5.11 Å². The molecule has 2 heterocycles. The maximum atomic E-state index is 12.5. The molecule has 1 atom stereocenters. The summed E-state index contributed by atoms with van der Waals surface area (Å²) in [5.74, 6) is -2.25. The van der Waals surface area contributed by atoms with Gasteiger partial charge in [0.05, 0.1) is 12.0 Å². The SMILES string of the molecule is O=C1CCC(N2Cc3ccc(C(=O)NC(=O)NC4CCC(C(=O)O)CC4)cc3C2)C(=O)N1. The number of aliphatic carboxylic acids is 1. The molecule has 3 aliphatic rings. The predicted molar refractivity (Wildman–Crippen MR) is 111 cm³/mol. The molecule has 10 heteroatoms. The Labute approximate surface area is 184 Å². The molecule has 2 aliphatic heterocycles. The zero-order valence-corrected chi connectivity index (χ0v) is 17.6. The van der Waals surface area contributed by atoms with Gasteiger partial charge in [0.1, 0.15) is 0 Å². The molecule has 1 unspecified atom stereocenters. The van der Waals surface area contributed by atoms with Crippen LogP contribution >= 0.6 is 0 Å². The number of nitrogens with one attached hydrogen (secondary N) is 3. The summed E-state index contributed by atoms with van der Waals surface area (Å²) >= 11 is 0. The molecule has 32 heavy (non-hydrogen) atoms. The van der Waals surface area contributed by atoms with Crippen molar-refractivity contribution >= 4 is 29.7 Å². The largest absolute Gasteiger partial charge is 0.481 e. The molecular weight excluding hydrogens is 416 g/mol. The number of hydrogen-bond donors (Lipinski definition) is 4. The second-order valence-corrected chi connectivity index (χ2v) is 8.67. The summed E-state index contributed by atoms with van der Waals surface area (Å²) in [6.45, 7) is 1.05. The fraction of sp³-hybridized carbons (Fsp3) is 0.500. The zero-order valence-electron chi connectivity index (χ0n) is 17.6. The Bertz CT molecular complexity index is 969. The van der Waals surface area contributed by atoms with Crippen LogP contribution in [0.5, 0.6) is 0 Å².